The summed E-state index contributed by atoms with van der Waals surface area (Å²) in [5, 5.41) is 9.05. The molecule has 0 saturated heterocycles. The number of carbonyl (C=O) groups is 1. The lowest BCUT2D eigenvalue weighted by Crippen LogP contribution is -2.25. The summed E-state index contributed by atoms with van der Waals surface area (Å²) in [6.45, 7) is 0.259. The van der Waals surface area contributed by atoms with E-state index < -0.39 is 16.0 Å². The van der Waals surface area contributed by atoms with Crippen LogP contribution in [0.1, 0.15) is 11.1 Å². The highest BCUT2D eigenvalue weighted by atomic mass is 35.5. The van der Waals surface area contributed by atoms with E-state index in [1.807, 2.05) is 12.1 Å². The first-order chi connectivity index (χ1) is 11.4. The van der Waals surface area contributed by atoms with Crippen molar-refractivity contribution >= 4 is 33.7 Å². The molecule has 0 fully saturated rings. The molecule has 0 atom stereocenters. The summed E-state index contributed by atoms with van der Waals surface area (Å²) in [7, 11) is -3.56. The molecule has 0 saturated carbocycles. The SMILES string of the molecule is O=C(O)C=Cc1ccc(CCNS(=O)(=O)c2ccc(Cl)cc2)cc1. The zero-order valence-electron chi connectivity index (χ0n) is 12.6. The van der Waals surface area contributed by atoms with Gasteiger partial charge in [-0.25, -0.2) is 17.9 Å². The van der Waals surface area contributed by atoms with Crippen molar-refractivity contribution in [1.29, 1.82) is 0 Å². The van der Waals surface area contributed by atoms with Crippen LogP contribution in [-0.4, -0.2) is 26.0 Å². The molecule has 0 spiro atoms. The smallest absolute Gasteiger partial charge is 0.328 e. The Balaban J connectivity index is 1.91. The van der Waals surface area contributed by atoms with E-state index in [9.17, 15) is 13.2 Å². The number of hydrogen-bond acceptors (Lipinski definition) is 3. The maximum Gasteiger partial charge on any atom is 0.328 e. The van der Waals surface area contributed by atoms with Crippen LogP contribution in [0.4, 0.5) is 0 Å². The molecule has 0 radical (unpaired) electrons. The minimum absolute atomic E-state index is 0.168. The summed E-state index contributed by atoms with van der Waals surface area (Å²) in [5.41, 5.74) is 1.71. The number of aliphatic carboxylic acids is 1. The molecule has 2 N–H and O–H groups in total. The lowest BCUT2D eigenvalue weighted by molar-refractivity contribution is -0.131. The maximum absolute atomic E-state index is 12.1. The molecule has 2 aromatic carbocycles. The van der Waals surface area contributed by atoms with Crippen LogP contribution in [0.15, 0.2) is 59.5 Å². The van der Waals surface area contributed by atoms with Gasteiger partial charge in [0.2, 0.25) is 10.0 Å². The average molecular weight is 366 g/mol. The summed E-state index contributed by atoms with van der Waals surface area (Å²) < 4.78 is 26.8. The third kappa shape index (κ3) is 5.49. The Hall–Kier alpha value is -2.15. The summed E-state index contributed by atoms with van der Waals surface area (Å²) in [5.74, 6) is -1.00. The second kappa shape index (κ2) is 8.10. The molecule has 0 aliphatic carbocycles. The van der Waals surface area contributed by atoms with Gasteiger partial charge in [-0.15, -0.1) is 0 Å². The lowest BCUT2D eigenvalue weighted by atomic mass is 10.1. The minimum atomic E-state index is -3.56. The van der Waals surface area contributed by atoms with Crippen LogP contribution in [-0.2, 0) is 21.2 Å². The number of carboxylic acids is 1. The fourth-order valence-corrected chi connectivity index (χ4v) is 3.15. The molecule has 0 bridgehead atoms. The number of halogens is 1. The fraction of sp³-hybridized carbons (Fsp3) is 0.118. The average Bonchev–Trinajstić information content (AvgIpc) is 2.54. The Kier molecular flexibility index (Phi) is 6.14. The minimum Gasteiger partial charge on any atom is -0.478 e. The number of sulfonamides is 1. The van der Waals surface area contributed by atoms with Crippen LogP contribution in [0.3, 0.4) is 0 Å². The fourth-order valence-electron chi connectivity index (χ4n) is 1.99. The Bertz CT molecular complexity index is 828. The van der Waals surface area contributed by atoms with E-state index in [4.69, 9.17) is 16.7 Å². The highest BCUT2D eigenvalue weighted by Gasteiger charge is 2.12. The molecule has 0 heterocycles. The Morgan fingerprint density at radius 1 is 1.08 bits per heavy atom. The summed E-state index contributed by atoms with van der Waals surface area (Å²) in [6, 6.07) is 13.2. The largest absolute Gasteiger partial charge is 0.478 e. The summed E-state index contributed by atoms with van der Waals surface area (Å²) in [4.78, 5) is 10.6. The molecular formula is C17H16ClNO4S. The second-order valence-electron chi connectivity index (χ2n) is 5.01. The van der Waals surface area contributed by atoms with E-state index in [-0.39, 0.29) is 11.4 Å². The van der Waals surface area contributed by atoms with Crippen molar-refractivity contribution in [2.45, 2.75) is 11.3 Å². The first-order valence-corrected chi connectivity index (χ1v) is 8.98. The molecule has 0 aromatic heterocycles. The van der Waals surface area contributed by atoms with Gasteiger partial charge in [0.15, 0.2) is 0 Å². The number of carboxylic acid groups (broad SMARTS) is 1. The molecule has 5 nitrogen and oxygen atoms in total. The number of nitrogens with one attached hydrogen (secondary N) is 1. The molecule has 0 amide bonds. The maximum atomic E-state index is 12.1. The molecule has 126 valence electrons. The topological polar surface area (TPSA) is 83.5 Å². The van der Waals surface area contributed by atoms with Crippen LogP contribution < -0.4 is 4.72 Å². The molecule has 0 aliphatic rings. The van der Waals surface area contributed by atoms with Crippen molar-refractivity contribution in [2.24, 2.45) is 0 Å². The Labute approximate surface area is 145 Å². The van der Waals surface area contributed by atoms with Gasteiger partial charge >= 0.3 is 5.97 Å². The van der Waals surface area contributed by atoms with E-state index in [0.29, 0.717) is 11.4 Å². The normalized spacial score (nSPS) is 11.7. The van der Waals surface area contributed by atoms with Crippen LogP contribution in [0.2, 0.25) is 5.02 Å². The van der Waals surface area contributed by atoms with E-state index in [1.165, 1.54) is 30.3 Å². The molecular weight excluding hydrogens is 350 g/mol. The summed E-state index contributed by atoms with van der Waals surface area (Å²) in [6.07, 6.45) is 3.08. The van der Waals surface area contributed by atoms with Crippen molar-refractivity contribution < 1.29 is 18.3 Å². The van der Waals surface area contributed by atoms with Gasteiger partial charge in [-0.1, -0.05) is 35.9 Å². The lowest BCUT2D eigenvalue weighted by Gasteiger charge is -2.07. The van der Waals surface area contributed by atoms with E-state index in [1.54, 1.807) is 12.1 Å². The van der Waals surface area contributed by atoms with Gasteiger partial charge in [-0.3, -0.25) is 0 Å². The molecule has 7 heteroatoms. The monoisotopic (exact) mass is 365 g/mol. The number of rotatable bonds is 7. The third-order valence-electron chi connectivity index (χ3n) is 3.23. The number of benzene rings is 2. The highest BCUT2D eigenvalue weighted by Crippen LogP contribution is 2.14. The molecule has 24 heavy (non-hydrogen) atoms. The van der Waals surface area contributed by atoms with Gasteiger partial charge in [-0.2, -0.15) is 0 Å². The molecule has 0 aliphatic heterocycles. The molecule has 2 rings (SSSR count). The quantitative estimate of drug-likeness (QED) is 0.739. The standard InChI is InChI=1S/C17H16ClNO4S/c18-15-6-8-16(9-7-15)24(22,23)19-12-11-14-3-1-13(2-4-14)5-10-17(20)21/h1-10,19H,11-12H2,(H,20,21). The van der Waals surface area contributed by atoms with E-state index >= 15 is 0 Å². The van der Waals surface area contributed by atoms with Crippen molar-refractivity contribution in [3.8, 4) is 0 Å². The predicted molar refractivity (Wildman–Crippen MR) is 93.5 cm³/mol. The van der Waals surface area contributed by atoms with Crippen molar-refractivity contribution in [2.75, 3.05) is 6.54 Å². The van der Waals surface area contributed by atoms with Gasteiger partial charge in [-0.05, 0) is 47.9 Å². The van der Waals surface area contributed by atoms with Crippen molar-refractivity contribution in [3.05, 3.63) is 70.8 Å². The number of hydrogen-bond donors (Lipinski definition) is 2. The first kappa shape index (κ1) is 18.2. The van der Waals surface area contributed by atoms with Gasteiger partial charge < -0.3 is 5.11 Å². The Morgan fingerprint density at radius 3 is 2.29 bits per heavy atom. The molecule has 2 aromatic rings. The van der Waals surface area contributed by atoms with E-state index in [2.05, 4.69) is 4.72 Å². The first-order valence-electron chi connectivity index (χ1n) is 7.12. The van der Waals surface area contributed by atoms with Crippen molar-refractivity contribution in [1.82, 2.24) is 4.72 Å². The van der Waals surface area contributed by atoms with Gasteiger partial charge in [0, 0.05) is 17.6 Å². The zero-order chi connectivity index (χ0) is 17.6. The third-order valence-corrected chi connectivity index (χ3v) is 4.96. The predicted octanol–water partition coefficient (Wildman–Crippen LogP) is 2.96. The van der Waals surface area contributed by atoms with Gasteiger partial charge in [0.1, 0.15) is 0 Å². The molecule has 0 unspecified atom stereocenters. The van der Waals surface area contributed by atoms with Crippen molar-refractivity contribution in [3.63, 3.8) is 0 Å². The van der Waals surface area contributed by atoms with Crippen LogP contribution >= 0.6 is 11.6 Å². The van der Waals surface area contributed by atoms with Crippen LogP contribution in [0.25, 0.3) is 6.08 Å². The Morgan fingerprint density at radius 2 is 1.71 bits per heavy atom. The van der Waals surface area contributed by atoms with Gasteiger partial charge in [0.05, 0.1) is 4.90 Å². The van der Waals surface area contributed by atoms with Crippen LogP contribution in [0, 0.1) is 0 Å². The second-order valence-corrected chi connectivity index (χ2v) is 7.22. The van der Waals surface area contributed by atoms with E-state index in [0.717, 1.165) is 17.2 Å². The van der Waals surface area contributed by atoms with Gasteiger partial charge in [0.25, 0.3) is 0 Å². The highest BCUT2D eigenvalue weighted by molar-refractivity contribution is 7.89. The van der Waals surface area contributed by atoms with Crippen LogP contribution in [0.5, 0.6) is 0 Å². The summed E-state index contributed by atoms with van der Waals surface area (Å²) >= 11 is 5.75. The zero-order valence-corrected chi connectivity index (χ0v) is 14.2.